The molecule has 2 aromatic rings. The van der Waals surface area contributed by atoms with Crippen LogP contribution in [0.25, 0.3) is 0 Å². The normalized spacial score (nSPS) is 23.0. The van der Waals surface area contributed by atoms with Crippen LogP contribution in [0.3, 0.4) is 0 Å². The van der Waals surface area contributed by atoms with Crippen molar-refractivity contribution in [1.29, 1.82) is 0 Å². The van der Waals surface area contributed by atoms with Crippen molar-refractivity contribution in [3.63, 3.8) is 0 Å². The van der Waals surface area contributed by atoms with Crippen LogP contribution < -0.4 is 9.47 Å². The summed E-state index contributed by atoms with van der Waals surface area (Å²) in [6.45, 7) is 30.2. The Morgan fingerprint density at radius 2 is 1.26 bits per heavy atom. The fourth-order valence-electron chi connectivity index (χ4n) is 8.58. The Kier molecular flexibility index (Phi) is 24.5. The summed E-state index contributed by atoms with van der Waals surface area (Å²) in [5.41, 5.74) is 2.22. The summed E-state index contributed by atoms with van der Waals surface area (Å²) in [6, 6.07) is 16.3. The summed E-state index contributed by atoms with van der Waals surface area (Å²) < 4.78 is 55.3. The Bertz CT molecular complexity index is 1700. The van der Waals surface area contributed by atoms with Crippen molar-refractivity contribution in [2.24, 2.45) is 35.5 Å². The van der Waals surface area contributed by atoms with Gasteiger partial charge in [0.2, 0.25) is 0 Å². The van der Waals surface area contributed by atoms with Crippen LogP contribution in [-0.2, 0) is 46.1 Å². The smallest absolute Gasteiger partial charge is 0.192 e. The molecule has 12 atom stereocenters. The molecule has 0 amide bonds. The van der Waals surface area contributed by atoms with Gasteiger partial charge in [-0.05, 0) is 85.1 Å². The van der Waals surface area contributed by atoms with Gasteiger partial charge < -0.3 is 42.3 Å². The number of methoxy groups -OCH3 is 4. The van der Waals surface area contributed by atoms with Gasteiger partial charge in [-0.3, -0.25) is 0 Å². The molecular weight excluding hydrogens is 833 g/mol. The molecule has 0 aliphatic carbocycles. The van der Waals surface area contributed by atoms with Crippen LogP contribution in [-0.4, -0.2) is 80.4 Å². The number of hydrogen-bond donors (Lipinski definition) is 0. The summed E-state index contributed by atoms with van der Waals surface area (Å²) in [6.07, 6.45) is 18.3. The molecule has 1 aliphatic rings. The maximum Gasteiger partial charge on any atom is 0.192 e. The van der Waals surface area contributed by atoms with E-state index >= 15 is 0 Å². The molecule has 2 aromatic carbocycles. The molecule has 9 nitrogen and oxygen atoms in total. The molecule has 10 heteroatoms. The number of ether oxygens (including phenoxy) is 8. The second-order valence-electron chi connectivity index (χ2n) is 19.8. The fraction of sp³-hybridized carbons (Fsp3) is 0.636. The Morgan fingerprint density at radius 3 is 1.77 bits per heavy atom. The van der Waals surface area contributed by atoms with E-state index in [1.165, 1.54) is 0 Å². The molecule has 0 spiro atoms. The molecule has 1 fully saturated rings. The topological polar surface area (TPSA) is 83.1 Å². The number of rotatable bonds is 29. The highest BCUT2D eigenvalue weighted by molar-refractivity contribution is 6.74. The van der Waals surface area contributed by atoms with E-state index in [1.54, 1.807) is 28.4 Å². The first-order valence-corrected chi connectivity index (χ1v) is 26.9. The minimum atomic E-state index is -2.12. The lowest BCUT2D eigenvalue weighted by Crippen LogP contribution is -2.50. The monoisotopic (exact) mass is 921 g/mol. The van der Waals surface area contributed by atoms with E-state index in [0.717, 1.165) is 48.3 Å². The quantitative estimate of drug-likeness (QED) is 0.0343. The Hall–Kier alpha value is -3.06. The SMILES string of the molecule is C=C/C=C\[C@H](C)[C@H](O[Si](C)(C)C(C)(C)C)[C@@H](C)[C@@H](CC/C=C\[C@H](C)[C@@H](OCc1ccc(OC)cc1)[C@@H](C)/C=C\CC[C@@H]1O[C@@H](OC)[C@H](C)[C@@H](OCOC)[C@@H]1C)OCc1ccc(OC)cc1. The zero-order chi connectivity index (χ0) is 48.2. The van der Waals surface area contributed by atoms with Crippen molar-refractivity contribution < 1.29 is 42.3 Å². The highest BCUT2D eigenvalue weighted by atomic mass is 28.4. The third kappa shape index (κ3) is 17.8. The first-order chi connectivity index (χ1) is 30.9. The lowest BCUT2D eigenvalue weighted by molar-refractivity contribution is -0.271. The summed E-state index contributed by atoms with van der Waals surface area (Å²) >= 11 is 0. The lowest BCUT2D eigenvalue weighted by Gasteiger charge is -2.44. The van der Waals surface area contributed by atoms with E-state index in [-0.39, 0.29) is 84.1 Å². The van der Waals surface area contributed by atoms with Gasteiger partial charge in [-0.25, -0.2) is 0 Å². The van der Waals surface area contributed by atoms with Gasteiger partial charge in [0.15, 0.2) is 14.6 Å². The minimum Gasteiger partial charge on any atom is -0.497 e. The van der Waals surface area contributed by atoms with Crippen LogP contribution >= 0.6 is 0 Å². The van der Waals surface area contributed by atoms with Crippen molar-refractivity contribution in [3.8, 4) is 11.5 Å². The largest absolute Gasteiger partial charge is 0.497 e. The second kappa shape index (κ2) is 28.3. The molecule has 65 heavy (non-hydrogen) atoms. The van der Waals surface area contributed by atoms with Crippen LogP contribution in [0, 0.1) is 35.5 Å². The Labute approximate surface area is 396 Å². The fourth-order valence-corrected chi connectivity index (χ4v) is 10.0. The second-order valence-corrected chi connectivity index (χ2v) is 24.5. The third-order valence-electron chi connectivity index (χ3n) is 13.8. The summed E-state index contributed by atoms with van der Waals surface area (Å²) in [7, 11) is 4.62. The number of hydrogen-bond acceptors (Lipinski definition) is 9. The van der Waals surface area contributed by atoms with Gasteiger partial charge in [0, 0.05) is 43.8 Å². The standard InChI is InChI=1S/C55H88O9Si/c1-17-18-23-41(4)52(64-65(15,16)55(8,9)10)42(5)49(60-36-45-28-32-47(57-12)33-29-45)26-21-19-24-39(2)51(61-37-46-30-34-48(58-13)35-31-46)40(3)25-20-22-27-50-43(6)53(62-38-56-11)44(7)54(59-14)63-50/h17-20,23-25,28-35,39-44,49-54H,1,21-22,26-27,36-38H2,2-16H3/b23-18-,24-19-,25-20-/t39-,40-,41-,42-,43+,44+,49+,50-,51+,52-,53-,54+/m0/s1. The molecule has 0 saturated carbocycles. The molecule has 0 N–H and O–H groups in total. The van der Waals surface area contributed by atoms with Crippen molar-refractivity contribution in [2.75, 3.05) is 35.2 Å². The van der Waals surface area contributed by atoms with E-state index in [1.807, 2.05) is 36.4 Å². The predicted molar refractivity (Wildman–Crippen MR) is 269 cm³/mol. The molecule has 1 saturated heterocycles. The van der Waals surface area contributed by atoms with Gasteiger partial charge in [-0.2, -0.15) is 0 Å². The molecular formula is C55H88O9Si. The van der Waals surface area contributed by atoms with Gasteiger partial charge >= 0.3 is 0 Å². The van der Waals surface area contributed by atoms with Gasteiger partial charge in [-0.1, -0.05) is 136 Å². The van der Waals surface area contributed by atoms with Crippen LogP contribution in [0.1, 0.15) is 99.1 Å². The molecule has 3 rings (SSSR count). The van der Waals surface area contributed by atoms with E-state index in [9.17, 15) is 0 Å². The van der Waals surface area contributed by atoms with Crippen LogP contribution in [0.2, 0.25) is 18.1 Å². The molecule has 1 heterocycles. The van der Waals surface area contributed by atoms with Crippen LogP contribution in [0.15, 0.2) is 97.6 Å². The van der Waals surface area contributed by atoms with E-state index in [2.05, 4.69) is 137 Å². The number of benzene rings is 2. The maximum absolute atomic E-state index is 7.26. The summed E-state index contributed by atoms with van der Waals surface area (Å²) in [5, 5.41) is 0.0710. The lowest BCUT2D eigenvalue weighted by atomic mass is 9.84. The number of allylic oxidation sites excluding steroid dienone is 4. The summed E-state index contributed by atoms with van der Waals surface area (Å²) in [4.78, 5) is 0. The van der Waals surface area contributed by atoms with E-state index in [4.69, 9.17) is 42.3 Å². The van der Waals surface area contributed by atoms with Crippen LogP contribution in [0.4, 0.5) is 0 Å². The van der Waals surface area contributed by atoms with Crippen molar-refractivity contribution in [3.05, 3.63) is 109 Å². The molecule has 366 valence electrons. The molecule has 0 unspecified atom stereocenters. The first kappa shape index (κ1) is 56.3. The predicted octanol–water partition coefficient (Wildman–Crippen LogP) is 13.2. The minimum absolute atomic E-state index is 0.00869. The van der Waals surface area contributed by atoms with E-state index < -0.39 is 8.32 Å². The Morgan fingerprint density at radius 1 is 0.723 bits per heavy atom. The summed E-state index contributed by atoms with van der Waals surface area (Å²) in [5.74, 6) is 2.56. The van der Waals surface area contributed by atoms with Gasteiger partial charge in [0.1, 0.15) is 18.3 Å². The van der Waals surface area contributed by atoms with Gasteiger partial charge in [-0.15, -0.1) is 0 Å². The highest BCUT2D eigenvalue weighted by Gasteiger charge is 2.43. The molecule has 1 aliphatic heterocycles. The average molecular weight is 921 g/mol. The average Bonchev–Trinajstić information content (AvgIpc) is 3.28. The van der Waals surface area contributed by atoms with Crippen molar-refractivity contribution >= 4 is 8.32 Å². The third-order valence-corrected chi connectivity index (χ3v) is 18.2. The van der Waals surface area contributed by atoms with Gasteiger partial charge in [0.25, 0.3) is 0 Å². The zero-order valence-corrected chi connectivity index (χ0v) is 43.9. The van der Waals surface area contributed by atoms with Crippen LogP contribution in [0.5, 0.6) is 11.5 Å². The molecule has 0 radical (unpaired) electrons. The molecule has 0 aromatic heterocycles. The molecule has 0 bridgehead atoms. The first-order valence-electron chi connectivity index (χ1n) is 24.0. The maximum atomic E-state index is 7.26. The Balaban J connectivity index is 1.82. The highest BCUT2D eigenvalue weighted by Crippen LogP contribution is 2.41. The van der Waals surface area contributed by atoms with E-state index in [0.29, 0.717) is 13.2 Å². The zero-order valence-electron chi connectivity index (χ0n) is 42.9. The van der Waals surface area contributed by atoms with Gasteiger partial charge in [0.05, 0.1) is 58.0 Å². The van der Waals surface area contributed by atoms with Crippen molar-refractivity contribution in [2.45, 2.75) is 156 Å². The van der Waals surface area contributed by atoms with Crippen molar-refractivity contribution in [1.82, 2.24) is 0 Å².